The second-order valence-electron chi connectivity index (χ2n) is 5.72. The molecule has 1 aromatic heterocycles. The fourth-order valence-electron chi connectivity index (χ4n) is 2.37. The van der Waals surface area contributed by atoms with Crippen molar-refractivity contribution >= 4 is 11.3 Å². The Morgan fingerprint density at radius 2 is 2.06 bits per heavy atom. The summed E-state index contributed by atoms with van der Waals surface area (Å²) in [6.07, 6.45) is 1.12. The molecule has 3 nitrogen and oxygen atoms in total. The Morgan fingerprint density at radius 3 is 2.72 bits per heavy atom. The third-order valence-electron chi connectivity index (χ3n) is 3.40. The van der Waals surface area contributed by atoms with Gasteiger partial charge in [0.25, 0.3) is 0 Å². The van der Waals surface area contributed by atoms with E-state index in [1.54, 1.807) is 0 Å². The molecule has 0 spiro atoms. The SMILES string of the molecule is CC(C)Cc1nc(C(C)CN2CCNCC2)cs1. The molecule has 2 rings (SSSR count). The lowest BCUT2D eigenvalue weighted by atomic mass is 10.1. The Morgan fingerprint density at radius 1 is 1.33 bits per heavy atom. The molecule has 0 aromatic carbocycles. The number of nitrogens with one attached hydrogen (secondary N) is 1. The zero-order chi connectivity index (χ0) is 13.0. The highest BCUT2D eigenvalue weighted by Crippen LogP contribution is 2.21. The van der Waals surface area contributed by atoms with Gasteiger partial charge in [-0.1, -0.05) is 20.8 Å². The molecule has 102 valence electrons. The van der Waals surface area contributed by atoms with Crippen LogP contribution in [0.2, 0.25) is 0 Å². The van der Waals surface area contributed by atoms with Crippen LogP contribution in [0.1, 0.15) is 37.4 Å². The molecule has 0 bridgehead atoms. The van der Waals surface area contributed by atoms with Gasteiger partial charge < -0.3 is 10.2 Å². The number of nitrogens with zero attached hydrogens (tertiary/aromatic N) is 2. The lowest BCUT2D eigenvalue weighted by molar-refractivity contribution is 0.229. The first-order chi connectivity index (χ1) is 8.65. The van der Waals surface area contributed by atoms with Crippen molar-refractivity contribution in [1.29, 1.82) is 0 Å². The van der Waals surface area contributed by atoms with Crippen LogP contribution in [0.4, 0.5) is 0 Å². The lowest BCUT2D eigenvalue weighted by Gasteiger charge is -2.29. The molecule has 1 aliphatic rings. The van der Waals surface area contributed by atoms with E-state index in [-0.39, 0.29) is 0 Å². The predicted octanol–water partition coefficient (Wildman–Crippen LogP) is 2.35. The summed E-state index contributed by atoms with van der Waals surface area (Å²) in [6, 6.07) is 0. The van der Waals surface area contributed by atoms with Crippen molar-refractivity contribution in [2.24, 2.45) is 5.92 Å². The number of thiazole rings is 1. The number of rotatable bonds is 5. The molecular weight excluding hydrogens is 242 g/mol. The molecule has 0 saturated carbocycles. The molecule has 0 amide bonds. The normalized spacial score (nSPS) is 19.3. The quantitative estimate of drug-likeness (QED) is 0.887. The van der Waals surface area contributed by atoms with Gasteiger partial charge in [0.1, 0.15) is 0 Å². The van der Waals surface area contributed by atoms with E-state index in [0.29, 0.717) is 11.8 Å². The lowest BCUT2D eigenvalue weighted by Crippen LogP contribution is -2.44. The second kappa shape index (κ2) is 6.64. The Labute approximate surface area is 115 Å². The van der Waals surface area contributed by atoms with Gasteiger partial charge in [-0.15, -0.1) is 11.3 Å². The van der Waals surface area contributed by atoms with Crippen LogP contribution in [0, 0.1) is 5.92 Å². The standard InChI is InChI=1S/C14H25N3S/c1-11(2)8-14-16-13(10-18-14)12(3)9-17-6-4-15-5-7-17/h10-12,15H,4-9H2,1-3H3. The van der Waals surface area contributed by atoms with Gasteiger partial charge in [-0.2, -0.15) is 0 Å². The van der Waals surface area contributed by atoms with Gasteiger partial charge in [-0.3, -0.25) is 0 Å². The molecule has 1 atom stereocenters. The topological polar surface area (TPSA) is 28.2 Å². The molecular formula is C14H25N3S. The van der Waals surface area contributed by atoms with Crippen LogP contribution < -0.4 is 5.32 Å². The number of piperazine rings is 1. The van der Waals surface area contributed by atoms with E-state index in [1.165, 1.54) is 23.8 Å². The minimum Gasteiger partial charge on any atom is -0.314 e. The molecule has 1 saturated heterocycles. The van der Waals surface area contributed by atoms with E-state index in [0.717, 1.165) is 26.1 Å². The van der Waals surface area contributed by atoms with Gasteiger partial charge in [0.15, 0.2) is 0 Å². The molecule has 1 fully saturated rings. The first-order valence-corrected chi connectivity index (χ1v) is 7.90. The summed E-state index contributed by atoms with van der Waals surface area (Å²) in [6.45, 7) is 12.6. The molecule has 2 heterocycles. The van der Waals surface area contributed by atoms with Gasteiger partial charge in [-0.05, 0) is 5.92 Å². The molecule has 0 radical (unpaired) electrons. The Kier molecular flexibility index (Phi) is 5.15. The smallest absolute Gasteiger partial charge is 0.0930 e. The summed E-state index contributed by atoms with van der Waals surface area (Å²) in [5.41, 5.74) is 1.29. The van der Waals surface area contributed by atoms with Crippen LogP contribution in [0.15, 0.2) is 5.38 Å². The van der Waals surface area contributed by atoms with E-state index in [9.17, 15) is 0 Å². The average molecular weight is 267 g/mol. The maximum absolute atomic E-state index is 4.79. The summed E-state index contributed by atoms with van der Waals surface area (Å²) in [5, 5.41) is 6.95. The van der Waals surface area contributed by atoms with Gasteiger partial charge in [0.2, 0.25) is 0 Å². The van der Waals surface area contributed by atoms with E-state index >= 15 is 0 Å². The molecule has 0 aliphatic carbocycles. The minimum atomic E-state index is 0.556. The van der Waals surface area contributed by atoms with Crippen molar-refractivity contribution in [2.75, 3.05) is 32.7 Å². The van der Waals surface area contributed by atoms with Gasteiger partial charge >= 0.3 is 0 Å². The molecule has 4 heteroatoms. The van der Waals surface area contributed by atoms with Crippen LogP contribution in [0.25, 0.3) is 0 Å². The summed E-state index contributed by atoms with van der Waals surface area (Å²) in [4.78, 5) is 7.34. The summed E-state index contributed by atoms with van der Waals surface area (Å²) in [7, 11) is 0. The maximum atomic E-state index is 4.79. The second-order valence-corrected chi connectivity index (χ2v) is 6.66. The zero-order valence-electron chi connectivity index (χ0n) is 11.8. The van der Waals surface area contributed by atoms with Gasteiger partial charge in [0.05, 0.1) is 10.7 Å². The third kappa shape index (κ3) is 4.04. The highest BCUT2D eigenvalue weighted by atomic mass is 32.1. The Hall–Kier alpha value is -0.450. The maximum Gasteiger partial charge on any atom is 0.0930 e. The number of aromatic nitrogens is 1. The van der Waals surface area contributed by atoms with Gasteiger partial charge in [-0.25, -0.2) is 4.98 Å². The minimum absolute atomic E-state index is 0.556. The fraction of sp³-hybridized carbons (Fsp3) is 0.786. The van der Waals surface area contributed by atoms with Crippen molar-refractivity contribution in [2.45, 2.75) is 33.1 Å². The van der Waals surface area contributed by atoms with Crippen LogP contribution in [0.3, 0.4) is 0 Å². The third-order valence-corrected chi connectivity index (χ3v) is 4.29. The van der Waals surface area contributed by atoms with E-state index < -0.39 is 0 Å². The monoisotopic (exact) mass is 267 g/mol. The van der Waals surface area contributed by atoms with Crippen molar-refractivity contribution in [1.82, 2.24) is 15.2 Å². The van der Waals surface area contributed by atoms with Crippen LogP contribution in [0.5, 0.6) is 0 Å². The Balaban J connectivity index is 1.87. The zero-order valence-corrected chi connectivity index (χ0v) is 12.6. The van der Waals surface area contributed by atoms with E-state index in [2.05, 4.69) is 36.4 Å². The van der Waals surface area contributed by atoms with Crippen LogP contribution in [-0.4, -0.2) is 42.6 Å². The van der Waals surface area contributed by atoms with Crippen molar-refractivity contribution in [3.63, 3.8) is 0 Å². The highest BCUT2D eigenvalue weighted by Gasteiger charge is 2.16. The summed E-state index contributed by atoms with van der Waals surface area (Å²) < 4.78 is 0. The first kappa shape index (κ1) is 14.0. The molecule has 1 N–H and O–H groups in total. The number of hydrogen-bond acceptors (Lipinski definition) is 4. The van der Waals surface area contributed by atoms with E-state index in [1.807, 2.05) is 11.3 Å². The highest BCUT2D eigenvalue weighted by molar-refractivity contribution is 7.09. The summed E-state index contributed by atoms with van der Waals surface area (Å²) in [5.74, 6) is 1.26. The molecule has 18 heavy (non-hydrogen) atoms. The van der Waals surface area contributed by atoms with Crippen LogP contribution >= 0.6 is 11.3 Å². The van der Waals surface area contributed by atoms with Crippen LogP contribution in [-0.2, 0) is 6.42 Å². The van der Waals surface area contributed by atoms with Crippen molar-refractivity contribution in [3.05, 3.63) is 16.1 Å². The van der Waals surface area contributed by atoms with Crippen molar-refractivity contribution in [3.8, 4) is 0 Å². The largest absolute Gasteiger partial charge is 0.314 e. The molecule has 1 aliphatic heterocycles. The first-order valence-electron chi connectivity index (χ1n) is 7.02. The van der Waals surface area contributed by atoms with Gasteiger partial charge in [0, 0.05) is 50.4 Å². The molecule has 1 unspecified atom stereocenters. The Bertz CT molecular complexity index is 356. The number of hydrogen-bond donors (Lipinski definition) is 1. The summed E-state index contributed by atoms with van der Waals surface area (Å²) >= 11 is 1.83. The van der Waals surface area contributed by atoms with E-state index in [4.69, 9.17) is 4.98 Å². The molecule has 1 aromatic rings. The predicted molar refractivity (Wildman–Crippen MR) is 78.4 cm³/mol. The average Bonchev–Trinajstić information content (AvgIpc) is 2.78. The van der Waals surface area contributed by atoms with Crippen molar-refractivity contribution < 1.29 is 0 Å². The fourth-order valence-corrected chi connectivity index (χ4v) is 3.50.